The van der Waals surface area contributed by atoms with Gasteiger partial charge in [-0.25, -0.2) is 9.97 Å². The summed E-state index contributed by atoms with van der Waals surface area (Å²) < 4.78 is 0. The van der Waals surface area contributed by atoms with E-state index in [2.05, 4.69) is 18.6 Å². The average Bonchev–Trinajstić information content (AvgIpc) is 2.87. The number of aliphatic hydroxyl groups excluding tert-OH is 2. The van der Waals surface area contributed by atoms with E-state index < -0.39 is 12.5 Å². The Morgan fingerprint density at radius 2 is 1.83 bits per heavy atom. The maximum atomic E-state index is 11.0. The lowest BCUT2D eigenvalue weighted by atomic mass is 10.0. The van der Waals surface area contributed by atoms with E-state index in [1.165, 1.54) is 0 Å². The van der Waals surface area contributed by atoms with Crippen LogP contribution in [0.25, 0.3) is 22.3 Å². The number of unbranched alkanes of at least 4 members (excludes halogenated alkanes) is 1. The lowest BCUT2D eigenvalue weighted by Crippen LogP contribution is -2.34. The highest BCUT2D eigenvalue weighted by atomic mass is 35.5. The second-order valence-electron chi connectivity index (χ2n) is 8.69. The van der Waals surface area contributed by atoms with Crippen molar-refractivity contribution in [2.24, 2.45) is 4.99 Å². The number of nitrogens with zero attached hydrogens (tertiary/aromatic N) is 4. The Balaban J connectivity index is 1.88. The Bertz CT molecular complexity index is 1170. The number of halogens is 1. The van der Waals surface area contributed by atoms with Crippen molar-refractivity contribution in [2.75, 3.05) is 12.8 Å². The second kappa shape index (κ2) is 13.8. The Kier molecular flexibility index (Phi) is 10.9. The molecule has 0 fully saturated rings. The van der Waals surface area contributed by atoms with E-state index in [0.29, 0.717) is 29.8 Å². The highest BCUT2D eigenvalue weighted by molar-refractivity contribution is 8.02. The van der Waals surface area contributed by atoms with Crippen LogP contribution in [0.5, 0.6) is 0 Å². The number of aromatic nitrogens is 2. The maximum absolute atomic E-state index is 11.0. The molecule has 0 saturated carbocycles. The first-order valence-electron chi connectivity index (χ1n) is 11.8. The summed E-state index contributed by atoms with van der Waals surface area (Å²) in [5.41, 5.74) is 4.71. The van der Waals surface area contributed by atoms with Gasteiger partial charge in [-0.15, -0.1) is 11.8 Å². The van der Waals surface area contributed by atoms with Crippen LogP contribution in [0.1, 0.15) is 43.7 Å². The molecule has 0 aliphatic carbocycles. The van der Waals surface area contributed by atoms with Crippen LogP contribution >= 0.6 is 23.4 Å². The SMILES string of the molecule is C=N/C=C\SCC(C)N(C)C(O)c1ccc2nc(-c3ccc(Cl)cc3)c(CCCCC(O)O)nc2c1. The third kappa shape index (κ3) is 7.83. The molecule has 9 heteroatoms. The van der Waals surface area contributed by atoms with Crippen molar-refractivity contribution in [1.29, 1.82) is 0 Å². The third-order valence-electron chi connectivity index (χ3n) is 5.98. The van der Waals surface area contributed by atoms with Crippen molar-refractivity contribution in [2.45, 2.75) is 51.2 Å². The zero-order chi connectivity index (χ0) is 26.1. The Morgan fingerprint density at radius 1 is 1.08 bits per heavy atom. The molecule has 0 spiro atoms. The maximum Gasteiger partial charge on any atom is 0.151 e. The number of aryl methyl sites for hydroxylation is 1. The molecule has 0 radical (unpaired) electrons. The molecule has 2 unspecified atom stereocenters. The van der Waals surface area contributed by atoms with E-state index in [4.69, 9.17) is 31.8 Å². The molecule has 2 atom stereocenters. The van der Waals surface area contributed by atoms with Crippen molar-refractivity contribution >= 4 is 41.1 Å². The van der Waals surface area contributed by atoms with Gasteiger partial charge in [0.1, 0.15) is 6.23 Å². The zero-order valence-corrected chi connectivity index (χ0v) is 22.2. The number of rotatable bonds is 13. The molecule has 0 bridgehead atoms. The highest BCUT2D eigenvalue weighted by Crippen LogP contribution is 2.28. The molecule has 3 rings (SSSR count). The normalized spacial score (nSPS) is 13.7. The number of aliphatic imine (C=N–C) groups is 1. The topological polar surface area (TPSA) is 102 Å². The first kappa shape index (κ1) is 28.2. The fraction of sp³-hybridized carbons (Fsp3) is 0.370. The Labute approximate surface area is 221 Å². The summed E-state index contributed by atoms with van der Waals surface area (Å²) in [5, 5.41) is 31.9. The highest BCUT2D eigenvalue weighted by Gasteiger charge is 2.20. The standard InChI is InChI=1S/C27H33ClN4O3S/c1-18(17-36-15-14-29-2)32(3)27(35)20-10-13-22-24(16-20)30-23(6-4-5-7-25(33)34)26(31-22)19-8-11-21(28)12-9-19/h8-16,18,25,27,33-35H,2,4-7,17H2,1,3H3/b15-14-. The molecule has 192 valence electrons. The summed E-state index contributed by atoms with van der Waals surface area (Å²) in [5.74, 6) is 0.796. The van der Waals surface area contributed by atoms with E-state index in [0.717, 1.165) is 40.2 Å². The van der Waals surface area contributed by atoms with E-state index in [9.17, 15) is 5.11 Å². The Hall–Kier alpha value is -2.33. The van der Waals surface area contributed by atoms with Crippen molar-refractivity contribution in [1.82, 2.24) is 14.9 Å². The van der Waals surface area contributed by atoms with Crippen LogP contribution in [0.3, 0.4) is 0 Å². The van der Waals surface area contributed by atoms with Gasteiger partial charge in [-0.2, -0.15) is 0 Å². The van der Waals surface area contributed by atoms with Crippen molar-refractivity contribution in [3.8, 4) is 11.3 Å². The molecule has 0 amide bonds. The summed E-state index contributed by atoms with van der Waals surface area (Å²) in [6.45, 7) is 5.49. The van der Waals surface area contributed by atoms with Crippen LogP contribution in [-0.4, -0.2) is 62.0 Å². The van der Waals surface area contributed by atoms with Crippen molar-refractivity contribution < 1.29 is 15.3 Å². The van der Waals surface area contributed by atoms with Crippen LogP contribution in [-0.2, 0) is 6.42 Å². The van der Waals surface area contributed by atoms with Crippen LogP contribution < -0.4 is 0 Å². The van der Waals surface area contributed by atoms with Crippen LogP contribution in [0.2, 0.25) is 5.02 Å². The smallest absolute Gasteiger partial charge is 0.151 e. The molecule has 0 aliphatic rings. The number of aliphatic hydroxyl groups is 3. The summed E-state index contributed by atoms with van der Waals surface area (Å²) >= 11 is 7.69. The van der Waals surface area contributed by atoms with E-state index in [1.54, 1.807) is 18.0 Å². The molecule has 0 aliphatic heterocycles. The second-order valence-corrected chi connectivity index (χ2v) is 10.1. The van der Waals surface area contributed by atoms with Crippen LogP contribution in [0, 0.1) is 0 Å². The van der Waals surface area contributed by atoms with Crippen molar-refractivity contribution in [3.63, 3.8) is 0 Å². The molecule has 2 aromatic carbocycles. The first-order chi connectivity index (χ1) is 17.3. The molecule has 0 saturated heterocycles. The van der Waals surface area contributed by atoms with Gasteiger partial charge in [-0.1, -0.05) is 29.8 Å². The van der Waals surface area contributed by atoms with Gasteiger partial charge in [0.15, 0.2) is 6.29 Å². The lowest BCUT2D eigenvalue weighted by Gasteiger charge is -2.29. The zero-order valence-electron chi connectivity index (χ0n) is 20.6. The monoisotopic (exact) mass is 528 g/mol. The van der Waals surface area contributed by atoms with Gasteiger partial charge < -0.3 is 15.3 Å². The fourth-order valence-electron chi connectivity index (χ4n) is 3.78. The molecule has 36 heavy (non-hydrogen) atoms. The predicted octanol–water partition coefficient (Wildman–Crippen LogP) is 5.19. The molecular formula is C27H33ClN4O3S. The first-order valence-corrected chi connectivity index (χ1v) is 13.3. The molecule has 1 aromatic heterocycles. The molecular weight excluding hydrogens is 496 g/mol. The minimum absolute atomic E-state index is 0.117. The summed E-state index contributed by atoms with van der Waals surface area (Å²) in [6, 6.07) is 13.3. The molecule has 3 aromatic rings. The summed E-state index contributed by atoms with van der Waals surface area (Å²) in [7, 11) is 1.89. The number of hydrogen-bond acceptors (Lipinski definition) is 8. The summed E-state index contributed by atoms with van der Waals surface area (Å²) in [4.78, 5) is 15.4. The third-order valence-corrected chi connectivity index (χ3v) is 7.22. The van der Waals surface area contributed by atoms with Gasteiger partial charge in [0.05, 0.1) is 22.4 Å². The molecule has 3 N–H and O–H groups in total. The minimum atomic E-state index is -1.31. The summed E-state index contributed by atoms with van der Waals surface area (Å²) in [6.07, 6.45) is 1.91. The van der Waals surface area contributed by atoms with Gasteiger partial charge in [-0.05, 0) is 81.6 Å². The Morgan fingerprint density at radius 3 is 2.53 bits per heavy atom. The van der Waals surface area contributed by atoms with Gasteiger partial charge in [-0.3, -0.25) is 9.89 Å². The predicted molar refractivity (Wildman–Crippen MR) is 149 cm³/mol. The van der Waals surface area contributed by atoms with Crippen LogP contribution in [0.15, 0.2) is 59.1 Å². The lowest BCUT2D eigenvalue weighted by molar-refractivity contribution is -0.0465. The molecule has 7 nitrogen and oxygen atoms in total. The number of hydrogen-bond donors (Lipinski definition) is 3. The molecule has 1 heterocycles. The van der Waals surface area contributed by atoms with E-state index >= 15 is 0 Å². The van der Waals surface area contributed by atoms with E-state index in [-0.39, 0.29) is 6.04 Å². The van der Waals surface area contributed by atoms with Crippen molar-refractivity contribution in [3.05, 3.63) is 70.4 Å². The van der Waals surface area contributed by atoms with Gasteiger partial charge in [0.25, 0.3) is 0 Å². The fourth-order valence-corrected chi connectivity index (χ4v) is 4.70. The van der Waals surface area contributed by atoms with Gasteiger partial charge in [0.2, 0.25) is 0 Å². The largest absolute Gasteiger partial charge is 0.374 e. The number of thioether (sulfide) groups is 1. The number of benzene rings is 2. The number of fused-ring (bicyclic) bond motifs is 1. The van der Waals surface area contributed by atoms with Gasteiger partial charge >= 0.3 is 0 Å². The van der Waals surface area contributed by atoms with Crippen LogP contribution in [0.4, 0.5) is 0 Å². The minimum Gasteiger partial charge on any atom is -0.374 e. The van der Waals surface area contributed by atoms with Gasteiger partial charge in [0, 0.05) is 28.6 Å². The quantitative estimate of drug-likeness (QED) is 0.159. The van der Waals surface area contributed by atoms with E-state index in [1.807, 2.05) is 59.8 Å². The average molecular weight is 529 g/mol.